The van der Waals surface area contributed by atoms with E-state index in [0.29, 0.717) is 0 Å². The van der Waals surface area contributed by atoms with Gasteiger partial charge in [-0.2, -0.15) is 0 Å². The molecule has 1 heterocycles. The summed E-state index contributed by atoms with van der Waals surface area (Å²) >= 11 is 1.43. The van der Waals surface area contributed by atoms with Crippen molar-refractivity contribution in [3.8, 4) is 0 Å². The lowest BCUT2D eigenvalue weighted by molar-refractivity contribution is -0.115. The van der Waals surface area contributed by atoms with Gasteiger partial charge in [-0.3, -0.25) is 4.79 Å². The molecule has 5 heteroatoms. The zero-order chi connectivity index (χ0) is 13.7. The second-order valence-corrected chi connectivity index (χ2v) is 5.15. The SMILES string of the molecule is CC(Nc1ccccc1SCC(N)=O)c1ccco1. The van der Waals surface area contributed by atoms with Crippen molar-refractivity contribution < 1.29 is 9.21 Å². The van der Waals surface area contributed by atoms with Gasteiger partial charge < -0.3 is 15.5 Å². The maximum absolute atomic E-state index is 10.9. The molecule has 0 aliphatic heterocycles. The fourth-order valence-corrected chi connectivity index (χ4v) is 2.46. The lowest BCUT2D eigenvalue weighted by Gasteiger charge is -2.15. The fourth-order valence-electron chi connectivity index (χ4n) is 1.70. The predicted octanol–water partition coefficient (Wildman–Crippen LogP) is 3.03. The van der Waals surface area contributed by atoms with Gasteiger partial charge in [0.25, 0.3) is 0 Å². The minimum atomic E-state index is -0.320. The van der Waals surface area contributed by atoms with Gasteiger partial charge in [-0.15, -0.1) is 11.8 Å². The highest BCUT2D eigenvalue weighted by Crippen LogP contribution is 2.29. The molecule has 0 saturated carbocycles. The number of carbonyl (C=O) groups is 1. The number of benzene rings is 1. The molecule has 3 N–H and O–H groups in total. The molecule has 1 aromatic heterocycles. The highest BCUT2D eigenvalue weighted by Gasteiger charge is 2.10. The van der Waals surface area contributed by atoms with E-state index in [1.807, 2.05) is 43.3 Å². The van der Waals surface area contributed by atoms with Crippen LogP contribution in [0.4, 0.5) is 5.69 Å². The number of primary amides is 1. The Bertz CT molecular complexity index is 540. The second-order valence-electron chi connectivity index (χ2n) is 4.13. The number of rotatable bonds is 6. The Morgan fingerprint density at radius 1 is 1.37 bits per heavy atom. The number of nitrogens with one attached hydrogen (secondary N) is 1. The van der Waals surface area contributed by atoms with Crippen molar-refractivity contribution in [2.45, 2.75) is 17.9 Å². The maximum Gasteiger partial charge on any atom is 0.227 e. The van der Waals surface area contributed by atoms with E-state index >= 15 is 0 Å². The van der Waals surface area contributed by atoms with Crippen LogP contribution >= 0.6 is 11.8 Å². The van der Waals surface area contributed by atoms with Gasteiger partial charge in [-0.1, -0.05) is 12.1 Å². The minimum absolute atomic E-state index is 0.0605. The molecular formula is C14H16N2O2S. The van der Waals surface area contributed by atoms with Crippen LogP contribution in [0.25, 0.3) is 0 Å². The van der Waals surface area contributed by atoms with Gasteiger partial charge in [0.1, 0.15) is 5.76 Å². The van der Waals surface area contributed by atoms with Crippen LogP contribution in [-0.2, 0) is 4.79 Å². The number of nitrogens with two attached hydrogens (primary N) is 1. The first-order valence-electron chi connectivity index (χ1n) is 5.97. The summed E-state index contributed by atoms with van der Waals surface area (Å²) in [6, 6.07) is 11.7. The van der Waals surface area contributed by atoms with E-state index in [1.54, 1.807) is 6.26 Å². The highest BCUT2D eigenvalue weighted by atomic mass is 32.2. The third-order valence-electron chi connectivity index (χ3n) is 2.60. The van der Waals surface area contributed by atoms with Crippen molar-refractivity contribution in [2.24, 2.45) is 5.73 Å². The Balaban J connectivity index is 2.09. The van der Waals surface area contributed by atoms with Gasteiger partial charge >= 0.3 is 0 Å². The van der Waals surface area contributed by atoms with Crippen LogP contribution in [0.15, 0.2) is 52.0 Å². The van der Waals surface area contributed by atoms with Crippen LogP contribution < -0.4 is 11.1 Å². The fraction of sp³-hybridized carbons (Fsp3) is 0.214. The Morgan fingerprint density at radius 3 is 2.84 bits per heavy atom. The van der Waals surface area contributed by atoms with E-state index in [1.165, 1.54) is 11.8 Å². The van der Waals surface area contributed by atoms with Crippen LogP contribution in [0.5, 0.6) is 0 Å². The molecule has 2 rings (SSSR count). The molecule has 19 heavy (non-hydrogen) atoms. The van der Waals surface area contributed by atoms with E-state index in [0.717, 1.165) is 16.3 Å². The summed E-state index contributed by atoms with van der Waals surface area (Å²) in [6.07, 6.45) is 1.65. The molecular weight excluding hydrogens is 260 g/mol. The second kappa shape index (κ2) is 6.33. The average Bonchev–Trinajstić information content (AvgIpc) is 2.91. The highest BCUT2D eigenvalue weighted by molar-refractivity contribution is 8.00. The minimum Gasteiger partial charge on any atom is -0.467 e. The van der Waals surface area contributed by atoms with Crippen LogP contribution in [0.3, 0.4) is 0 Å². The molecule has 1 amide bonds. The van der Waals surface area contributed by atoms with Crippen molar-refractivity contribution >= 4 is 23.4 Å². The van der Waals surface area contributed by atoms with Crippen molar-refractivity contribution in [1.29, 1.82) is 0 Å². The van der Waals surface area contributed by atoms with Gasteiger partial charge in [0, 0.05) is 10.6 Å². The molecule has 0 spiro atoms. The number of carbonyl (C=O) groups excluding carboxylic acids is 1. The van der Waals surface area contributed by atoms with Crippen LogP contribution in [0, 0.1) is 0 Å². The summed E-state index contributed by atoms with van der Waals surface area (Å²) in [5.74, 6) is 0.821. The summed E-state index contributed by atoms with van der Waals surface area (Å²) in [7, 11) is 0. The number of hydrogen-bond acceptors (Lipinski definition) is 4. The van der Waals surface area contributed by atoms with E-state index in [4.69, 9.17) is 10.2 Å². The van der Waals surface area contributed by atoms with Gasteiger partial charge in [0.15, 0.2) is 0 Å². The summed E-state index contributed by atoms with van der Waals surface area (Å²) in [4.78, 5) is 11.9. The van der Waals surface area contributed by atoms with E-state index in [9.17, 15) is 4.79 Å². The topological polar surface area (TPSA) is 68.3 Å². The molecule has 1 aromatic carbocycles. The number of anilines is 1. The molecule has 0 aliphatic carbocycles. The molecule has 0 fully saturated rings. The van der Waals surface area contributed by atoms with Gasteiger partial charge in [0.05, 0.1) is 18.1 Å². The first kappa shape index (κ1) is 13.5. The Hall–Kier alpha value is -1.88. The zero-order valence-electron chi connectivity index (χ0n) is 10.6. The summed E-state index contributed by atoms with van der Waals surface area (Å²) in [6.45, 7) is 2.02. The molecule has 0 saturated heterocycles. The van der Waals surface area contributed by atoms with Crippen molar-refractivity contribution in [3.63, 3.8) is 0 Å². The Kier molecular flexibility index (Phi) is 4.52. The zero-order valence-corrected chi connectivity index (χ0v) is 11.4. The lowest BCUT2D eigenvalue weighted by Crippen LogP contribution is -2.13. The summed E-state index contributed by atoms with van der Waals surface area (Å²) in [5.41, 5.74) is 6.14. The molecule has 1 unspecified atom stereocenters. The third-order valence-corrected chi connectivity index (χ3v) is 3.69. The number of thioether (sulfide) groups is 1. The van der Waals surface area contributed by atoms with Crippen molar-refractivity contribution in [1.82, 2.24) is 0 Å². The van der Waals surface area contributed by atoms with Crippen molar-refractivity contribution in [3.05, 3.63) is 48.4 Å². The van der Waals surface area contributed by atoms with Crippen LogP contribution in [0.2, 0.25) is 0 Å². The summed E-state index contributed by atoms with van der Waals surface area (Å²) in [5, 5.41) is 3.37. The Labute approximate surface area is 116 Å². The molecule has 4 nitrogen and oxygen atoms in total. The van der Waals surface area contributed by atoms with Gasteiger partial charge in [0.2, 0.25) is 5.91 Å². The third kappa shape index (κ3) is 3.79. The maximum atomic E-state index is 10.9. The lowest BCUT2D eigenvalue weighted by atomic mass is 10.2. The van der Waals surface area contributed by atoms with Crippen LogP contribution in [-0.4, -0.2) is 11.7 Å². The molecule has 100 valence electrons. The smallest absolute Gasteiger partial charge is 0.227 e. The molecule has 0 radical (unpaired) electrons. The summed E-state index contributed by atoms with van der Waals surface area (Å²) < 4.78 is 5.36. The Morgan fingerprint density at radius 2 is 2.16 bits per heavy atom. The van der Waals surface area contributed by atoms with E-state index < -0.39 is 0 Å². The number of amides is 1. The first-order chi connectivity index (χ1) is 9.16. The largest absolute Gasteiger partial charge is 0.467 e. The molecule has 0 bridgehead atoms. The standard InChI is InChI=1S/C14H16N2O2S/c1-10(12-6-4-8-18-12)16-11-5-2-3-7-13(11)19-9-14(15)17/h2-8,10,16H,9H2,1H3,(H2,15,17). The van der Waals surface area contributed by atoms with Gasteiger partial charge in [-0.05, 0) is 31.2 Å². The molecule has 0 aliphatic rings. The predicted molar refractivity (Wildman–Crippen MR) is 77.1 cm³/mol. The molecule has 2 aromatic rings. The quantitative estimate of drug-likeness (QED) is 0.796. The van der Waals surface area contributed by atoms with Crippen LogP contribution in [0.1, 0.15) is 18.7 Å². The van der Waals surface area contributed by atoms with Crippen molar-refractivity contribution in [2.75, 3.05) is 11.1 Å². The van der Waals surface area contributed by atoms with E-state index in [-0.39, 0.29) is 17.7 Å². The number of hydrogen-bond donors (Lipinski definition) is 2. The monoisotopic (exact) mass is 276 g/mol. The first-order valence-corrected chi connectivity index (χ1v) is 6.95. The average molecular weight is 276 g/mol. The normalized spacial score (nSPS) is 12.1. The molecule has 1 atom stereocenters. The number of furan rings is 1. The number of para-hydroxylation sites is 1. The van der Waals surface area contributed by atoms with E-state index in [2.05, 4.69) is 5.32 Å². The van der Waals surface area contributed by atoms with Gasteiger partial charge in [-0.25, -0.2) is 0 Å².